The van der Waals surface area contributed by atoms with E-state index in [9.17, 15) is 14.4 Å². The monoisotopic (exact) mass is 851 g/mol. The lowest BCUT2D eigenvalue weighted by molar-refractivity contribution is -0.167. The Hall–Kier alpha value is -3.15. The van der Waals surface area contributed by atoms with Gasteiger partial charge in [-0.15, -0.1) is 0 Å². The summed E-state index contributed by atoms with van der Waals surface area (Å²) in [7, 11) is 0. The van der Waals surface area contributed by atoms with Gasteiger partial charge in [-0.25, -0.2) is 0 Å². The fraction of sp³-hybridized carbons (Fsp3) is 0.727. The fourth-order valence-electron chi connectivity index (χ4n) is 6.99. The Morgan fingerprint density at radius 2 is 0.721 bits per heavy atom. The topological polar surface area (TPSA) is 78.9 Å². The third kappa shape index (κ3) is 47.7. The first kappa shape index (κ1) is 57.9. The lowest BCUT2D eigenvalue weighted by Crippen LogP contribution is -2.30. The van der Waals surface area contributed by atoms with Crippen LogP contribution in [0.15, 0.2) is 72.9 Å². The maximum Gasteiger partial charge on any atom is 0.306 e. The number of hydrogen-bond acceptors (Lipinski definition) is 6. The van der Waals surface area contributed by atoms with Crippen LogP contribution in [-0.4, -0.2) is 37.2 Å². The molecular weight excluding hydrogens is 757 g/mol. The molecule has 0 amide bonds. The lowest BCUT2D eigenvalue weighted by atomic mass is 10.0. The highest BCUT2D eigenvalue weighted by Gasteiger charge is 2.19. The van der Waals surface area contributed by atoms with Crippen LogP contribution >= 0.6 is 0 Å². The Morgan fingerprint density at radius 1 is 0.361 bits per heavy atom. The maximum atomic E-state index is 12.8. The highest BCUT2D eigenvalue weighted by atomic mass is 16.6. The number of carbonyl (C=O) groups excluding carboxylic acids is 3. The van der Waals surface area contributed by atoms with Crippen LogP contribution in [0.3, 0.4) is 0 Å². The molecule has 0 aromatic heterocycles. The van der Waals surface area contributed by atoms with Gasteiger partial charge < -0.3 is 14.2 Å². The van der Waals surface area contributed by atoms with Crippen molar-refractivity contribution >= 4 is 17.9 Å². The molecule has 0 aromatic carbocycles. The second-order valence-electron chi connectivity index (χ2n) is 16.7. The van der Waals surface area contributed by atoms with E-state index in [-0.39, 0.29) is 31.1 Å². The van der Waals surface area contributed by atoms with E-state index in [0.717, 1.165) is 109 Å². The molecule has 6 heteroatoms. The van der Waals surface area contributed by atoms with E-state index in [4.69, 9.17) is 14.2 Å². The Morgan fingerprint density at radius 3 is 1.18 bits per heavy atom. The first-order valence-electron chi connectivity index (χ1n) is 25.5. The van der Waals surface area contributed by atoms with Crippen molar-refractivity contribution in [1.82, 2.24) is 0 Å². The SMILES string of the molecule is CC/C=C/C=C/C=C/CCCCCCCC(=O)OCC(COC(=O)CCCCCCCC/C=C/C/C=C/C/C=C/CC)OC(=O)CCCCCCCCCCCCCCCC. The standard InChI is InChI=1S/C55H94O6/c1-4-7-10-13-16-19-22-25-27-28-31-33-36-39-42-45-48-54(57)60-51-52(50-59-53(56)47-44-41-38-35-32-29-24-21-18-15-12-9-6-3)61-55(58)49-46-43-40-37-34-30-26-23-20-17-14-11-8-5-2/h7,9-10,12,15-16,18-19,21,24-25,27,52H,4-6,8,11,13-14,17,20,22-23,26,28-51H2,1-3H3/b10-7+,12-9+,18-15+,19-16+,24-21+,27-25+. The van der Waals surface area contributed by atoms with Crippen molar-refractivity contribution in [2.24, 2.45) is 0 Å². The summed E-state index contributed by atoms with van der Waals surface area (Å²) >= 11 is 0. The normalized spacial score (nSPS) is 12.6. The molecule has 0 heterocycles. The van der Waals surface area contributed by atoms with Gasteiger partial charge in [-0.1, -0.05) is 222 Å². The number of hydrogen-bond donors (Lipinski definition) is 0. The maximum absolute atomic E-state index is 12.8. The highest BCUT2D eigenvalue weighted by Crippen LogP contribution is 2.15. The summed E-state index contributed by atoms with van der Waals surface area (Å²) < 4.78 is 16.8. The number of unbranched alkanes of at least 4 members (excludes halogenated alkanes) is 24. The zero-order valence-corrected chi connectivity index (χ0v) is 39.9. The number of carbonyl (C=O) groups is 3. The molecule has 0 N–H and O–H groups in total. The van der Waals surface area contributed by atoms with Gasteiger partial charge in [0, 0.05) is 19.3 Å². The van der Waals surface area contributed by atoms with E-state index in [1.807, 2.05) is 0 Å². The van der Waals surface area contributed by atoms with Gasteiger partial charge >= 0.3 is 17.9 Å². The average Bonchev–Trinajstić information content (AvgIpc) is 3.26. The Bertz CT molecular complexity index is 1160. The molecule has 0 aliphatic carbocycles. The van der Waals surface area contributed by atoms with E-state index in [0.29, 0.717) is 19.3 Å². The number of esters is 3. The highest BCUT2D eigenvalue weighted by molar-refractivity contribution is 5.71. The third-order valence-corrected chi connectivity index (χ3v) is 10.8. The second kappa shape index (κ2) is 49.5. The van der Waals surface area contributed by atoms with E-state index in [2.05, 4.69) is 93.7 Å². The summed E-state index contributed by atoms with van der Waals surface area (Å²) in [6, 6.07) is 0. The van der Waals surface area contributed by atoms with E-state index in [1.54, 1.807) is 0 Å². The van der Waals surface area contributed by atoms with Gasteiger partial charge in [0.05, 0.1) is 0 Å². The van der Waals surface area contributed by atoms with Crippen LogP contribution in [0.25, 0.3) is 0 Å². The summed E-state index contributed by atoms with van der Waals surface area (Å²) in [5.74, 6) is -0.917. The van der Waals surface area contributed by atoms with E-state index < -0.39 is 6.10 Å². The van der Waals surface area contributed by atoms with Gasteiger partial charge in [-0.2, -0.15) is 0 Å². The molecule has 0 aromatic rings. The largest absolute Gasteiger partial charge is 0.462 e. The minimum atomic E-state index is -0.786. The summed E-state index contributed by atoms with van der Waals surface area (Å²) in [5.41, 5.74) is 0. The molecule has 1 atom stereocenters. The van der Waals surface area contributed by atoms with Crippen molar-refractivity contribution < 1.29 is 28.6 Å². The Kier molecular flexibility index (Phi) is 46.9. The fourth-order valence-corrected chi connectivity index (χ4v) is 6.99. The van der Waals surface area contributed by atoms with Crippen LogP contribution < -0.4 is 0 Å². The van der Waals surface area contributed by atoms with Gasteiger partial charge in [-0.3, -0.25) is 14.4 Å². The zero-order chi connectivity index (χ0) is 44.4. The minimum Gasteiger partial charge on any atom is -0.462 e. The molecule has 0 radical (unpaired) electrons. The minimum absolute atomic E-state index is 0.0878. The summed E-state index contributed by atoms with van der Waals surface area (Å²) in [5, 5.41) is 0. The molecule has 1 unspecified atom stereocenters. The number of allylic oxidation sites excluding steroid dienone is 12. The third-order valence-electron chi connectivity index (χ3n) is 10.8. The predicted octanol–water partition coefficient (Wildman–Crippen LogP) is 16.6. The molecule has 350 valence electrons. The molecule has 0 aliphatic heterocycles. The van der Waals surface area contributed by atoms with Crippen LogP contribution in [0.1, 0.15) is 239 Å². The molecule has 0 saturated carbocycles. The van der Waals surface area contributed by atoms with Crippen molar-refractivity contribution in [1.29, 1.82) is 0 Å². The quantitative estimate of drug-likeness (QED) is 0.0200. The van der Waals surface area contributed by atoms with E-state index in [1.165, 1.54) is 89.9 Å². The first-order chi connectivity index (χ1) is 30.0. The number of ether oxygens (including phenoxy) is 3. The molecule has 0 rings (SSSR count). The van der Waals surface area contributed by atoms with Crippen molar-refractivity contribution in [3.63, 3.8) is 0 Å². The van der Waals surface area contributed by atoms with Crippen molar-refractivity contribution in [2.75, 3.05) is 13.2 Å². The molecule has 0 fully saturated rings. The number of rotatable bonds is 45. The van der Waals surface area contributed by atoms with Crippen LogP contribution in [0.2, 0.25) is 0 Å². The van der Waals surface area contributed by atoms with Gasteiger partial charge in [0.25, 0.3) is 0 Å². The zero-order valence-electron chi connectivity index (χ0n) is 39.9. The van der Waals surface area contributed by atoms with Crippen LogP contribution in [0.5, 0.6) is 0 Å². The smallest absolute Gasteiger partial charge is 0.306 e. The van der Waals surface area contributed by atoms with Crippen molar-refractivity contribution in [3.05, 3.63) is 72.9 Å². The second-order valence-corrected chi connectivity index (χ2v) is 16.7. The molecule has 0 saturated heterocycles. The average molecular weight is 851 g/mol. The van der Waals surface area contributed by atoms with Gasteiger partial charge in [-0.05, 0) is 70.6 Å². The summed E-state index contributed by atoms with van der Waals surface area (Å²) in [6.07, 6.45) is 61.7. The van der Waals surface area contributed by atoms with Gasteiger partial charge in [0.2, 0.25) is 0 Å². The Balaban J connectivity index is 4.42. The summed E-state index contributed by atoms with van der Waals surface area (Å²) in [6.45, 7) is 6.37. The first-order valence-corrected chi connectivity index (χ1v) is 25.5. The Labute approximate surface area is 376 Å². The van der Waals surface area contributed by atoms with Crippen molar-refractivity contribution in [3.8, 4) is 0 Å². The van der Waals surface area contributed by atoms with Gasteiger partial charge in [0.15, 0.2) is 6.10 Å². The van der Waals surface area contributed by atoms with Crippen molar-refractivity contribution in [2.45, 2.75) is 245 Å². The van der Waals surface area contributed by atoms with Crippen LogP contribution in [0.4, 0.5) is 0 Å². The van der Waals surface area contributed by atoms with E-state index >= 15 is 0 Å². The molecule has 0 aliphatic rings. The lowest BCUT2D eigenvalue weighted by Gasteiger charge is -2.18. The molecule has 0 bridgehead atoms. The summed E-state index contributed by atoms with van der Waals surface area (Å²) in [4.78, 5) is 37.9. The molecule has 0 spiro atoms. The molecule has 6 nitrogen and oxygen atoms in total. The van der Waals surface area contributed by atoms with Gasteiger partial charge in [0.1, 0.15) is 13.2 Å². The molecule has 61 heavy (non-hydrogen) atoms. The van der Waals surface area contributed by atoms with Crippen LogP contribution in [-0.2, 0) is 28.6 Å². The van der Waals surface area contributed by atoms with Crippen LogP contribution in [0, 0.1) is 0 Å². The molecular formula is C55H94O6. The predicted molar refractivity (Wildman–Crippen MR) is 261 cm³/mol.